The van der Waals surface area contributed by atoms with Crippen LogP contribution in [0, 0.1) is 0 Å². The molecule has 4 heteroatoms. The standard InChI is InChI=1S/C22H26N2O2/c1-18-22(26)23(16-14-20-11-6-3-7-12-20)17-21(25)24(18)15-8-13-19-9-4-2-5-10-19/h2-7,9-12,18H,8,13-17H2,1H3/t18-/m1/s1. The summed E-state index contributed by atoms with van der Waals surface area (Å²) in [4.78, 5) is 28.7. The molecule has 2 aromatic rings. The molecule has 1 atom stereocenters. The highest BCUT2D eigenvalue weighted by Gasteiger charge is 2.35. The van der Waals surface area contributed by atoms with Gasteiger partial charge in [0.15, 0.2) is 0 Å². The third-order valence-corrected chi connectivity index (χ3v) is 5.00. The zero-order valence-electron chi connectivity index (χ0n) is 15.3. The van der Waals surface area contributed by atoms with Gasteiger partial charge in [-0.1, -0.05) is 60.7 Å². The van der Waals surface area contributed by atoms with Crippen molar-refractivity contribution in [3.63, 3.8) is 0 Å². The van der Waals surface area contributed by atoms with Crippen LogP contribution in [0.4, 0.5) is 0 Å². The molecule has 1 aliphatic heterocycles. The average Bonchev–Trinajstić information content (AvgIpc) is 2.68. The third-order valence-electron chi connectivity index (χ3n) is 5.00. The maximum Gasteiger partial charge on any atom is 0.245 e. The van der Waals surface area contributed by atoms with Gasteiger partial charge >= 0.3 is 0 Å². The predicted octanol–water partition coefficient (Wildman–Crippen LogP) is 2.92. The highest BCUT2D eigenvalue weighted by Crippen LogP contribution is 2.15. The van der Waals surface area contributed by atoms with E-state index < -0.39 is 0 Å². The van der Waals surface area contributed by atoms with Gasteiger partial charge in [-0.2, -0.15) is 0 Å². The summed E-state index contributed by atoms with van der Waals surface area (Å²) in [5.74, 6) is 0.110. The van der Waals surface area contributed by atoms with Gasteiger partial charge in [0.1, 0.15) is 6.04 Å². The monoisotopic (exact) mass is 350 g/mol. The summed E-state index contributed by atoms with van der Waals surface area (Å²) >= 11 is 0. The molecule has 0 aromatic heterocycles. The summed E-state index contributed by atoms with van der Waals surface area (Å²) in [7, 11) is 0. The van der Waals surface area contributed by atoms with Gasteiger partial charge in [-0.3, -0.25) is 9.59 Å². The summed E-state index contributed by atoms with van der Waals surface area (Å²) < 4.78 is 0. The molecule has 1 saturated heterocycles. The molecule has 0 bridgehead atoms. The minimum atomic E-state index is -0.372. The number of rotatable bonds is 7. The van der Waals surface area contributed by atoms with Gasteiger partial charge < -0.3 is 9.80 Å². The van der Waals surface area contributed by atoms with Crippen molar-refractivity contribution < 1.29 is 9.59 Å². The molecule has 4 nitrogen and oxygen atoms in total. The minimum absolute atomic E-state index is 0.0539. The van der Waals surface area contributed by atoms with E-state index in [1.54, 1.807) is 9.80 Å². The van der Waals surface area contributed by atoms with Crippen molar-refractivity contribution in [1.82, 2.24) is 9.80 Å². The quantitative estimate of drug-likeness (QED) is 0.770. The van der Waals surface area contributed by atoms with Crippen molar-refractivity contribution >= 4 is 11.8 Å². The Hall–Kier alpha value is -2.62. The maximum absolute atomic E-state index is 12.7. The molecule has 2 aromatic carbocycles. The first-order valence-corrected chi connectivity index (χ1v) is 9.31. The summed E-state index contributed by atoms with van der Waals surface area (Å²) in [5.41, 5.74) is 2.45. The number of piperazine rings is 1. The smallest absolute Gasteiger partial charge is 0.245 e. The lowest BCUT2D eigenvalue weighted by atomic mass is 10.1. The molecule has 0 unspecified atom stereocenters. The Morgan fingerprint density at radius 3 is 2.04 bits per heavy atom. The fraction of sp³-hybridized carbons (Fsp3) is 0.364. The molecule has 1 fully saturated rings. The van der Waals surface area contributed by atoms with E-state index in [2.05, 4.69) is 24.3 Å². The number of carbonyl (C=O) groups is 2. The van der Waals surface area contributed by atoms with Crippen LogP contribution >= 0.6 is 0 Å². The highest BCUT2D eigenvalue weighted by atomic mass is 16.2. The Bertz CT molecular complexity index is 730. The van der Waals surface area contributed by atoms with E-state index in [-0.39, 0.29) is 24.4 Å². The Labute approximate surface area is 155 Å². The van der Waals surface area contributed by atoms with Crippen molar-refractivity contribution in [1.29, 1.82) is 0 Å². The van der Waals surface area contributed by atoms with E-state index in [4.69, 9.17) is 0 Å². The highest BCUT2D eigenvalue weighted by molar-refractivity contribution is 5.94. The van der Waals surface area contributed by atoms with Gasteiger partial charge in [0.05, 0.1) is 6.54 Å². The zero-order valence-corrected chi connectivity index (χ0v) is 15.3. The Morgan fingerprint density at radius 2 is 1.42 bits per heavy atom. The van der Waals surface area contributed by atoms with Crippen LogP contribution in [0.1, 0.15) is 24.5 Å². The van der Waals surface area contributed by atoms with Crippen molar-refractivity contribution in [2.75, 3.05) is 19.6 Å². The lowest BCUT2D eigenvalue weighted by molar-refractivity contribution is -0.155. The van der Waals surface area contributed by atoms with Crippen LogP contribution in [0.5, 0.6) is 0 Å². The summed E-state index contributed by atoms with van der Waals surface area (Å²) in [5, 5.41) is 0. The molecule has 0 aliphatic carbocycles. The van der Waals surface area contributed by atoms with E-state index in [0.29, 0.717) is 13.1 Å². The lowest BCUT2D eigenvalue weighted by Crippen LogP contribution is -2.59. The second-order valence-corrected chi connectivity index (χ2v) is 6.85. The van der Waals surface area contributed by atoms with Gasteiger partial charge in [0.2, 0.25) is 11.8 Å². The number of hydrogen-bond acceptors (Lipinski definition) is 2. The Balaban J connectivity index is 1.51. The molecule has 1 aliphatic rings. The second kappa shape index (κ2) is 8.65. The number of benzene rings is 2. The number of hydrogen-bond donors (Lipinski definition) is 0. The first kappa shape index (κ1) is 18.2. The normalized spacial score (nSPS) is 17.7. The molecule has 0 N–H and O–H groups in total. The van der Waals surface area contributed by atoms with Crippen molar-refractivity contribution in [2.24, 2.45) is 0 Å². The average molecular weight is 350 g/mol. The molecular weight excluding hydrogens is 324 g/mol. The van der Waals surface area contributed by atoms with Crippen LogP contribution in [-0.4, -0.2) is 47.3 Å². The van der Waals surface area contributed by atoms with Crippen molar-refractivity contribution in [3.8, 4) is 0 Å². The van der Waals surface area contributed by atoms with E-state index in [1.165, 1.54) is 11.1 Å². The first-order valence-electron chi connectivity index (χ1n) is 9.31. The van der Waals surface area contributed by atoms with Crippen molar-refractivity contribution in [3.05, 3.63) is 71.8 Å². The number of amides is 2. The van der Waals surface area contributed by atoms with Crippen LogP contribution < -0.4 is 0 Å². The van der Waals surface area contributed by atoms with E-state index >= 15 is 0 Å². The van der Waals surface area contributed by atoms with Gasteiger partial charge in [-0.05, 0) is 37.3 Å². The summed E-state index contributed by atoms with van der Waals surface area (Å²) in [6.45, 7) is 3.27. The van der Waals surface area contributed by atoms with E-state index in [1.807, 2.05) is 43.3 Å². The van der Waals surface area contributed by atoms with Gasteiger partial charge in [0.25, 0.3) is 0 Å². The number of carbonyl (C=O) groups excluding carboxylic acids is 2. The van der Waals surface area contributed by atoms with Crippen LogP contribution in [0.3, 0.4) is 0 Å². The zero-order chi connectivity index (χ0) is 18.4. The fourth-order valence-corrected chi connectivity index (χ4v) is 3.46. The van der Waals surface area contributed by atoms with Crippen LogP contribution in [-0.2, 0) is 22.4 Å². The third kappa shape index (κ3) is 4.51. The van der Waals surface area contributed by atoms with Gasteiger partial charge in [-0.25, -0.2) is 0 Å². The SMILES string of the molecule is C[C@@H]1C(=O)N(CCc2ccccc2)CC(=O)N1CCCc1ccccc1. The van der Waals surface area contributed by atoms with Crippen molar-refractivity contribution in [2.45, 2.75) is 32.2 Å². The maximum atomic E-state index is 12.7. The number of aryl methyl sites for hydroxylation is 1. The van der Waals surface area contributed by atoms with Crippen LogP contribution in [0.15, 0.2) is 60.7 Å². The minimum Gasteiger partial charge on any atom is -0.331 e. The molecule has 2 amide bonds. The summed E-state index contributed by atoms with van der Waals surface area (Å²) in [6, 6.07) is 19.9. The molecule has 1 heterocycles. The van der Waals surface area contributed by atoms with E-state index in [9.17, 15) is 9.59 Å². The Morgan fingerprint density at radius 1 is 0.846 bits per heavy atom. The molecule has 136 valence electrons. The first-order chi connectivity index (χ1) is 12.6. The van der Waals surface area contributed by atoms with Gasteiger partial charge in [0, 0.05) is 13.1 Å². The second-order valence-electron chi connectivity index (χ2n) is 6.85. The molecule has 0 radical (unpaired) electrons. The predicted molar refractivity (Wildman–Crippen MR) is 103 cm³/mol. The van der Waals surface area contributed by atoms with Crippen LogP contribution in [0.2, 0.25) is 0 Å². The molecular formula is C22H26N2O2. The summed E-state index contributed by atoms with van der Waals surface area (Å²) in [6.07, 6.45) is 2.57. The molecule has 3 rings (SSSR count). The topological polar surface area (TPSA) is 40.6 Å². The lowest BCUT2D eigenvalue weighted by Gasteiger charge is -2.39. The van der Waals surface area contributed by atoms with E-state index in [0.717, 1.165) is 19.3 Å². The largest absolute Gasteiger partial charge is 0.331 e. The Kier molecular flexibility index (Phi) is 6.05. The number of nitrogens with zero attached hydrogens (tertiary/aromatic N) is 2. The van der Waals surface area contributed by atoms with Crippen LogP contribution in [0.25, 0.3) is 0 Å². The van der Waals surface area contributed by atoms with Gasteiger partial charge in [-0.15, -0.1) is 0 Å². The molecule has 26 heavy (non-hydrogen) atoms. The molecule has 0 saturated carbocycles. The molecule has 0 spiro atoms. The fourth-order valence-electron chi connectivity index (χ4n) is 3.46.